The van der Waals surface area contributed by atoms with Gasteiger partial charge in [-0.25, -0.2) is 4.39 Å². The number of anilines is 1. The van der Waals surface area contributed by atoms with Gasteiger partial charge < -0.3 is 10.4 Å². The molecule has 4 nitrogen and oxygen atoms in total. The van der Waals surface area contributed by atoms with Crippen LogP contribution in [-0.2, 0) is 9.59 Å². The first kappa shape index (κ1) is 18.1. The molecule has 1 amide bonds. The lowest BCUT2D eigenvalue weighted by Crippen LogP contribution is -2.15. The Morgan fingerprint density at radius 2 is 1.64 bits per heavy atom. The standard InChI is InChI=1S/C20H18FNO3/c1-13(23)11-12-16(14(2)15-7-3-4-8-17(15)21)20(25)22-18-9-5-6-10-19(18)24/h3-12,24H,1-2H3,(H,22,25)/b12-11?,16-14-. The summed E-state index contributed by atoms with van der Waals surface area (Å²) >= 11 is 0. The minimum atomic E-state index is -0.556. The molecule has 0 saturated heterocycles. The molecule has 0 atom stereocenters. The highest BCUT2D eigenvalue weighted by Crippen LogP contribution is 2.26. The number of nitrogens with one attached hydrogen (secondary N) is 1. The van der Waals surface area contributed by atoms with Gasteiger partial charge in [-0.15, -0.1) is 0 Å². The first-order chi connectivity index (χ1) is 11.9. The molecular weight excluding hydrogens is 321 g/mol. The molecule has 2 N–H and O–H groups in total. The van der Waals surface area contributed by atoms with Crippen molar-refractivity contribution in [2.45, 2.75) is 13.8 Å². The number of allylic oxidation sites excluding steroid dienone is 2. The Bertz CT molecular complexity index is 869. The van der Waals surface area contributed by atoms with E-state index >= 15 is 0 Å². The van der Waals surface area contributed by atoms with Crippen molar-refractivity contribution in [2.75, 3.05) is 5.32 Å². The Hall–Kier alpha value is -3.21. The Labute approximate surface area is 145 Å². The molecule has 0 saturated carbocycles. The van der Waals surface area contributed by atoms with Crippen molar-refractivity contribution >= 4 is 23.0 Å². The number of ketones is 1. The van der Waals surface area contributed by atoms with Crippen LogP contribution in [0.1, 0.15) is 19.4 Å². The minimum absolute atomic E-state index is 0.0886. The van der Waals surface area contributed by atoms with Crippen molar-refractivity contribution in [3.05, 3.63) is 77.6 Å². The third kappa shape index (κ3) is 4.64. The largest absolute Gasteiger partial charge is 0.506 e. The Balaban J connectivity index is 2.47. The molecule has 25 heavy (non-hydrogen) atoms. The zero-order chi connectivity index (χ0) is 18.4. The fourth-order valence-corrected chi connectivity index (χ4v) is 2.25. The summed E-state index contributed by atoms with van der Waals surface area (Å²) in [6, 6.07) is 12.3. The second-order valence-corrected chi connectivity index (χ2v) is 5.43. The fourth-order valence-electron chi connectivity index (χ4n) is 2.25. The average molecular weight is 339 g/mol. The van der Waals surface area contributed by atoms with Gasteiger partial charge in [-0.05, 0) is 49.8 Å². The predicted octanol–water partition coefficient (Wildman–Crippen LogP) is 4.09. The number of amides is 1. The number of carbonyl (C=O) groups excluding carboxylic acids is 2. The highest BCUT2D eigenvalue weighted by Gasteiger charge is 2.15. The van der Waals surface area contributed by atoms with Crippen LogP contribution in [-0.4, -0.2) is 16.8 Å². The monoisotopic (exact) mass is 339 g/mol. The quantitative estimate of drug-likeness (QED) is 0.490. The van der Waals surface area contributed by atoms with Crippen LogP contribution in [0.2, 0.25) is 0 Å². The van der Waals surface area contributed by atoms with Crippen LogP contribution >= 0.6 is 0 Å². The molecular formula is C20H18FNO3. The molecule has 0 aromatic heterocycles. The number of halogens is 1. The molecule has 0 fully saturated rings. The van der Waals surface area contributed by atoms with Gasteiger partial charge in [-0.1, -0.05) is 30.3 Å². The summed E-state index contributed by atoms with van der Waals surface area (Å²) in [5.74, 6) is -1.35. The summed E-state index contributed by atoms with van der Waals surface area (Å²) in [6.07, 6.45) is 2.59. The molecule has 2 aromatic rings. The number of hydrogen-bond donors (Lipinski definition) is 2. The normalized spacial score (nSPS) is 12.0. The number of phenols is 1. The molecule has 0 aliphatic rings. The smallest absolute Gasteiger partial charge is 0.256 e. The average Bonchev–Trinajstić information content (AvgIpc) is 2.57. The highest BCUT2D eigenvalue weighted by atomic mass is 19.1. The first-order valence-corrected chi connectivity index (χ1v) is 7.64. The third-order valence-corrected chi connectivity index (χ3v) is 3.56. The molecule has 2 aromatic carbocycles. The zero-order valence-corrected chi connectivity index (χ0v) is 13.9. The molecule has 5 heteroatoms. The maximum Gasteiger partial charge on any atom is 0.256 e. The van der Waals surface area contributed by atoms with Gasteiger partial charge >= 0.3 is 0 Å². The van der Waals surface area contributed by atoms with Gasteiger partial charge in [-0.3, -0.25) is 9.59 Å². The van der Waals surface area contributed by atoms with Crippen molar-refractivity contribution < 1.29 is 19.1 Å². The number of carbonyl (C=O) groups is 2. The van der Waals surface area contributed by atoms with Gasteiger partial charge in [0.2, 0.25) is 0 Å². The van der Waals surface area contributed by atoms with E-state index in [1.165, 1.54) is 37.3 Å². The third-order valence-electron chi connectivity index (χ3n) is 3.56. The van der Waals surface area contributed by atoms with Gasteiger partial charge in [0, 0.05) is 11.1 Å². The lowest BCUT2D eigenvalue weighted by atomic mass is 9.99. The van der Waals surface area contributed by atoms with Crippen LogP contribution in [0.25, 0.3) is 5.57 Å². The Morgan fingerprint density at radius 1 is 1.00 bits per heavy atom. The number of phenolic OH excluding ortho intramolecular Hbond substituents is 1. The van der Waals surface area contributed by atoms with Crippen LogP contribution in [0.4, 0.5) is 10.1 Å². The van der Waals surface area contributed by atoms with Gasteiger partial charge in [-0.2, -0.15) is 0 Å². The Morgan fingerprint density at radius 3 is 2.28 bits per heavy atom. The van der Waals surface area contributed by atoms with Crippen molar-refractivity contribution in [1.82, 2.24) is 0 Å². The van der Waals surface area contributed by atoms with E-state index in [1.807, 2.05) is 0 Å². The van der Waals surface area contributed by atoms with E-state index in [0.29, 0.717) is 5.57 Å². The van der Waals surface area contributed by atoms with Crippen molar-refractivity contribution in [2.24, 2.45) is 0 Å². The van der Waals surface area contributed by atoms with Crippen LogP contribution in [0.15, 0.2) is 66.3 Å². The van der Waals surface area contributed by atoms with E-state index in [0.717, 1.165) is 0 Å². The summed E-state index contributed by atoms with van der Waals surface area (Å²) in [4.78, 5) is 23.9. The van der Waals surface area contributed by atoms with Crippen molar-refractivity contribution in [1.29, 1.82) is 0 Å². The number of para-hydroxylation sites is 2. The molecule has 2 rings (SSSR count). The fraction of sp³-hybridized carbons (Fsp3) is 0.100. The van der Waals surface area contributed by atoms with Crippen molar-refractivity contribution in [3.8, 4) is 5.75 Å². The predicted molar refractivity (Wildman–Crippen MR) is 95.6 cm³/mol. The second kappa shape index (κ2) is 8.06. The molecule has 0 bridgehead atoms. The lowest BCUT2D eigenvalue weighted by molar-refractivity contribution is -0.113. The summed E-state index contributed by atoms with van der Waals surface area (Å²) in [5.41, 5.74) is 0.993. The van der Waals surface area contributed by atoms with Crippen molar-refractivity contribution in [3.63, 3.8) is 0 Å². The minimum Gasteiger partial charge on any atom is -0.506 e. The second-order valence-electron chi connectivity index (χ2n) is 5.43. The van der Waals surface area contributed by atoms with Gasteiger partial charge in [0.1, 0.15) is 11.6 Å². The van der Waals surface area contributed by atoms with E-state index < -0.39 is 11.7 Å². The lowest BCUT2D eigenvalue weighted by Gasteiger charge is -2.12. The van der Waals surface area contributed by atoms with E-state index in [2.05, 4.69) is 5.32 Å². The van der Waals surface area contributed by atoms with Gasteiger partial charge in [0.15, 0.2) is 5.78 Å². The number of rotatable bonds is 5. The van der Waals surface area contributed by atoms with Crippen LogP contribution in [0.5, 0.6) is 5.75 Å². The number of aromatic hydroxyl groups is 1. The topological polar surface area (TPSA) is 66.4 Å². The maximum atomic E-state index is 14.1. The van der Waals surface area contributed by atoms with Crippen LogP contribution in [0, 0.1) is 5.82 Å². The molecule has 0 aliphatic carbocycles. The van der Waals surface area contributed by atoms with Gasteiger partial charge in [0.25, 0.3) is 5.91 Å². The van der Waals surface area contributed by atoms with Gasteiger partial charge in [0.05, 0.1) is 5.69 Å². The summed E-state index contributed by atoms with van der Waals surface area (Å²) in [5, 5.41) is 12.4. The molecule has 0 unspecified atom stereocenters. The summed E-state index contributed by atoms with van der Waals surface area (Å²) in [6.45, 7) is 2.95. The van der Waals surface area contributed by atoms with Crippen LogP contribution < -0.4 is 5.32 Å². The summed E-state index contributed by atoms with van der Waals surface area (Å²) < 4.78 is 14.1. The maximum absolute atomic E-state index is 14.1. The number of hydrogen-bond acceptors (Lipinski definition) is 3. The Kier molecular flexibility index (Phi) is 5.84. The zero-order valence-electron chi connectivity index (χ0n) is 13.9. The molecule has 0 heterocycles. The van der Waals surface area contributed by atoms with E-state index in [1.54, 1.807) is 37.3 Å². The van der Waals surface area contributed by atoms with E-state index in [9.17, 15) is 19.1 Å². The SMILES string of the molecule is CC(=O)C=C/C(C(=O)Nc1ccccc1O)=C(\C)c1ccccc1F. The molecule has 0 aliphatic heterocycles. The molecule has 0 radical (unpaired) electrons. The number of benzene rings is 2. The highest BCUT2D eigenvalue weighted by molar-refractivity contribution is 6.12. The van der Waals surface area contributed by atoms with E-state index in [-0.39, 0.29) is 28.4 Å². The molecule has 128 valence electrons. The molecule has 0 spiro atoms. The van der Waals surface area contributed by atoms with E-state index in [4.69, 9.17) is 0 Å². The van der Waals surface area contributed by atoms with Crippen LogP contribution in [0.3, 0.4) is 0 Å². The summed E-state index contributed by atoms with van der Waals surface area (Å²) in [7, 11) is 0. The first-order valence-electron chi connectivity index (χ1n) is 7.64.